The van der Waals surface area contributed by atoms with E-state index in [-0.39, 0.29) is 6.04 Å². The van der Waals surface area contributed by atoms with Crippen LogP contribution in [-0.4, -0.2) is 12.3 Å². The number of allylic oxidation sites excluding steroid dienone is 2. The summed E-state index contributed by atoms with van der Waals surface area (Å²) in [5.41, 5.74) is 2.51. The average molecular weight is 226 g/mol. The van der Waals surface area contributed by atoms with E-state index in [4.69, 9.17) is 5.41 Å². The maximum atomic E-state index is 7.50. The standard InChI is InChI=1S/C15H18N2/c1-12(2)14-8-3-4-9-15(14)17-10-6-5-7-13(17)11-16/h3-13,16H,1-2H3. The minimum Gasteiger partial charge on any atom is -0.336 e. The summed E-state index contributed by atoms with van der Waals surface area (Å²) in [5.74, 6) is 0.483. The third-order valence-electron chi connectivity index (χ3n) is 2.99. The van der Waals surface area contributed by atoms with Crippen LogP contribution in [0, 0.1) is 5.41 Å². The molecule has 0 fully saturated rings. The summed E-state index contributed by atoms with van der Waals surface area (Å²) in [4.78, 5) is 2.14. The second-order valence-electron chi connectivity index (χ2n) is 4.50. The number of hydrogen-bond donors (Lipinski definition) is 1. The van der Waals surface area contributed by atoms with Crippen LogP contribution in [0.2, 0.25) is 0 Å². The summed E-state index contributed by atoms with van der Waals surface area (Å²) >= 11 is 0. The van der Waals surface area contributed by atoms with Crippen molar-refractivity contribution in [2.24, 2.45) is 0 Å². The molecule has 0 aromatic heterocycles. The van der Waals surface area contributed by atoms with E-state index in [2.05, 4.69) is 36.9 Å². The molecule has 2 heteroatoms. The molecule has 1 aliphatic heterocycles. The van der Waals surface area contributed by atoms with Gasteiger partial charge in [0.2, 0.25) is 0 Å². The molecular weight excluding hydrogens is 208 g/mol. The number of hydrogen-bond acceptors (Lipinski definition) is 2. The molecule has 0 aliphatic carbocycles. The molecule has 2 rings (SSSR count). The summed E-state index contributed by atoms with van der Waals surface area (Å²) in [6.45, 7) is 4.39. The first kappa shape index (κ1) is 11.6. The van der Waals surface area contributed by atoms with Gasteiger partial charge in [-0.2, -0.15) is 0 Å². The van der Waals surface area contributed by atoms with Crippen molar-refractivity contribution in [1.82, 2.24) is 0 Å². The van der Waals surface area contributed by atoms with Crippen LogP contribution >= 0.6 is 0 Å². The minimum absolute atomic E-state index is 0.0277. The number of benzene rings is 1. The van der Waals surface area contributed by atoms with Gasteiger partial charge in [-0.25, -0.2) is 0 Å². The number of anilines is 1. The van der Waals surface area contributed by atoms with Crippen molar-refractivity contribution < 1.29 is 0 Å². The highest BCUT2D eigenvalue weighted by Gasteiger charge is 2.17. The van der Waals surface area contributed by atoms with Crippen molar-refractivity contribution in [2.45, 2.75) is 25.8 Å². The molecule has 1 atom stereocenters. The smallest absolute Gasteiger partial charge is 0.0867 e. The lowest BCUT2D eigenvalue weighted by atomic mass is 9.99. The Morgan fingerprint density at radius 2 is 2.00 bits per heavy atom. The fraction of sp³-hybridized carbons (Fsp3) is 0.267. The topological polar surface area (TPSA) is 27.1 Å². The zero-order chi connectivity index (χ0) is 12.3. The normalized spacial score (nSPS) is 18.8. The molecule has 0 amide bonds. The molecule has 1 unspecified atom stereocenters. The number of para-hydroxylation sites is 1. The second-order valence-corrected chi connectivity index (χ2v) is 4.50. The molecule has 1 aromatic carbocycles. The van der Waals surface area contributed by atoms with Crippen molar-refractivity contribution in [1.29, 1.82) is 5.41 Å². The average Bonchev–Trinajstić information content (AvgIpc) is 2.38. The zero-order valence-electron chi connectivity index (χ0n) is 10.3. The van der Waals surface area contributed by atoms with E-state index in [0.717, 1.165) is 0 Å². The van der Waals surface area contributed by atoms with E-state index in [1.807, 2.05) is 30.5 Å². The fourth-order valence-corrected chi connectivity index (χ4v) is 2.10. The summed E-state index contributed by atoms with van der Waals surface area (Å²) in [6, 6.07) is 8.43. The predicted molar refractivity (Wildman–Crippen MR) is 73.9 cm³/mol. The molecule has 0 saturated carbocycles. The molecule has 0 bridgehead atoms. The highest BCUT2D eigenvalue weighted by Crippen LogP contribution is 2.29. The molecule has 17 heavy (non-hydrogen) atoms. The quantitative estimate of drug-likeness (QED) is 0.781. The summed E-state index contributed by atoms with van der Waals surface area (Å²) < 4.78 is 0. The van der Waals surface area contributed by atoms with Crippen LogP contribution in [0.25, 0.3) is 0 Å². The minimum atomic E-state index is 0.0277. The number of nitrogens with one attached hydrogen (secondary N) is 1. The maximum Gasteiger partial charge on any atom is 0.0867 e. The van der Waals surface area contributed by atoms with Gasteiger partial charge in [0.05, 0.1) is 6.04 Å². The first-order chi connectivity index (χ1) is 8.24. The number of rotatable bonds is 3. The third kappa shape index (κ3) is 2.31. The third-order valence-corrected chi connectivity index (χ3v) is 2.99. The number of nitrogens with zero attached hydrogens (tertiary/aromatic N) is 1. The Hall–Kier alpha value is -1.83. The monoisotopic (exact) mass is 226 g/mol. The van der Waals surface area contributed by atoms with Crippen LogP contribution in [0.3, 0.4) is 0 Å². The van der Waals surface area contributed by atoms with Crippen molar-refractivity contribution in [3.05, 3.63) is 54.3 Å². The van der Waals surface area contributed by atoms with Gasteiger partial charge in [-0.3, -0.25) is 0 Å². The van der Waals surface area contributed by atoms with Gasteiger partial charge >= 0.3 is 0 Å². The molecular formula is C15H18N2. The van der Waals surface area contributed by atoms with Gasteiger partial charge in [-0.1, -0.05) is 44.2 Å². The molecule has 0 saturated heterocycles. The lowest BCUT2D eigenvalue weighted by Crippen LogP contribution is -2.32. The zero-order valence-corrected chi connectivity index (χ0v) is 10.3. The lowest BCUT2D eigenvalue weighted by Gasteiger charge is -2.30. The Balaban J connectivity index is 2.42. The molecule has 2 nitrogen and oxygen atoms in total. The van der Waals surface area contributed by atoms with Crippen LogP contribution in [0.5, 0.6) is 0 Å². The Labute approximate surface area is 103 Å². The highest BCUT2D eigenvalue weighted by molar-refractivity contribution is 5.74. The first-order valence-electron chi connectivity index (χ1n) is 5.97. The molecule has 1 heterocycles. The molecule has 1 N–H and O–H groups in total. The SMILES string of the molecule is CC(C)c1ccccc1N1C=CC=CC1C=N. The van der Waals surface area contributed by atoms with Crippen molar-refractivity contribution in [3.63, 3.8) is 0 Å². The van der Waals surface area contributed by atoms with E-state index in [9.17, 15) is 0 Å². The van der Waals surface area contributed by atoms with E-state index in [0.29, 0.717) is 5.92 Å². The van der Waals surface area contributed by atoms with E-state index in [1.165, 1.54) is 17.5 Å². The van der Waals surface area contributed by atoms with Crippen LogP contribution in [0.15, 0.2) is 48.7 Å². The molecule has 0 spiro atoms. The van der Waals surface area contributed by atoms with Crippen LogP contribution < -0.4 is 4.90 Å². The summed E-state index contributed by atoms with van der Waals surface area (Å²) in [6.07, 6.45) is 9.54. The molecule has 0 radical (unpaired) electrons. The van der Waals surface area contributed by atoms with Crippen LogP contribution in [-0.2, 0) is 0 Å². The Bertz CT molecular complexity index is 458. The van der Waals surface area contributed by atoms with E-state index in [1.54, 1.807) is 0 Å². The van der Waals surface area contributed by atoms with Crippen molar-refractivity contribution >= 4 is 11.9 Å². The lowest BCUT2D eigenvalue weighted by molar-refractivity contribution is 0.848. The second kappa shape index (κ2) is 5.00. The van der Waals surface area contributed by atoms with E-state index >= 15 is 0 Å². The van der Waals surface area contributed by atoms with Crippen LogP contribution in [0.1, 0.15) is 25.3 Å². The molecule has 1 aliphatic rings. The largest absolute Gasteiger partial charge is 0.336 e. The van der Waals surface area contributed by atoms with Gasteiger partial charge in [0.25, 0.3) is 0 Å². The summed E-state index contributed by atoms with van der Waals surface area (Å²) in [5, 5.41) is 7.50. The maximum absolute atomic E-state index is 7.50. The molecule has 1 aromatic rings. The van der Waals surface area contributed by atoms with Gasteiger partial charge in [-0.05, 0) is 23.6 Å². The van der Waals surface area contributed by atoms with E-state index < -0.39 is 0 Å². The van der Waals surface area contributed by atoms with Crippen molar-refractivity contribution in [2.75, 3.05) is 4.90 Å². The van der Waals surface area contributed by atoms with Gasteiger partial charge < -0.3 is 10.3 Å². The Morgan fingerprint density at radius 1 is 1.24 bits per heavy atom. The van der Waals surface area contributed by atoms with Crippen LogP contribution in [0.4, 0.5) is 5.69 Å². The van der Waals surface area contributed by atoms with Gasteiger partial charge in [0, 0.05) is 18.1 Å². The molecule has 88 valence electrons. The first-order valence-corrected chi connectivity index (χ1v) is 5.97. The van der Waals surface area contributed by atoms with Crippen molar-refractivity contribution in [3.8, 4) is 0 Å². The predicted octanol–water partition coefficient (Wildman–Crippen LogP) is 3.72. The van der Waals surface area contributed by atoms with Gasteiger partial charge in [-0.15, -0.1) is 0 Å². The van der Waals surface area contributed by atoms with Gasteiger partial charge in [0.15, 0.2) is 0 Å². The van der Waals surface area contributed by atoms with Gasteiger partial charge in [0.1, 0.15) is 0 Å². The summed E-state index contributed by atoms with van der Waals surface area (Å²) in [7, 11) is 0. The highest BCUT2D eigenvalue weighted by atomic mass is 15.1. The Morgan fingerprint density at radius 3 is 2.71 bits per heavy atom. The fourth-order valence-electron chi connectivity index (χ4n) is 2.10. The Kier molecular flexibility index (Phi) is 3.43.